The highest BCUT2D eigenvalue weighted by Crippen LogP contribution is 2.31. The summed E-state index contributed by atoms with van der Waals surface area (Å²) in [5.74, 6) is -1.04. The lowest BCUT2D eigenvalue weighted by molar-refractivity contribution is -0.158. The molecule has 0 aromatic heterocycles. The lowest BCUT2D eigenvalue weighted by Crippen LogP contribution is -2.38. The minimum absolute atomic E-state index is 0.240. The van der Waals surface area contributed by atoms with Crippen LogP contribution in [0, 0.1) is 0 Å². The summed E-state index contributed by atoms with van der Waals surface area (Å²) in [5, 5.41) is 14.0. The number of hydrogen-bond acceptors (Lipinski definition) is 4. The lowest BCUT2D eigenvalue weighted by atomic mass is 9.85. The molecular weight excluding hydrogens is 318 g/mol. The molecule has 0 fully saturated rings. The van der Waals surface area contributed by atoms with E-state index in [4.69, 9.17) is 4.74 Å². The molecule has 0 heterocycles. The van der Waals surface area contributed by atoms with Crippen molar-refractivity contribution in [1.82, 2.24) is 5.32 Å². The molecule has 0 aliphatic rings. The van der Waals surface area contributed by atoms with Crippen LogP contribution in [-0.4, -0.2) is 30.6 Å². The van der Waals surface area contributed by atoms with Gasteiger partial charge >= 0.3 is 5.97 Å². The molecule has 5 nitrogen and oxygen atoms in total. The van der Waals surface area contributed by atoms with Crippen molar-refractivity contribution >= 4 is 11.9 Å². The molecular formula is C20H23NO4. The number of ether oxygens (including phenoxy) is 1. The van der Waals surface area contributed by atoms with Gasteiger partial charge in [-0.3, -0.25) is 4.79 Å². The van der Waals surface area contributed by atoms with Crippen LogP contribution in [0.1, 0.15) is 41.3 Å². The van der Waals surface area contributed by atoms with E-state index < -0.39 is 11.6 Å². The number of nitrogens with one attached hydrogen (secondary N) is 1. The Bertz CT molecular complexity index is 729. The van der Waals surface area contributed by atoms with Gasteiger partial charge in [-0.15, -0.1) is 0 Å². The SMILES string of the molecule is CCCCNC(=O)c1cccc(C(O)(C(=O)OC)c2ccccc2)c1. The van der Waals surface area contributed by atoms with E-state index in [1.165, 1.54) is 13.2 Å². The average molecular weight is 341 g/mol. The van der Waals surface area contributed by atoms with Gasteiger partial charge in [-0.2, -0.15) is 0 Å². The second-order valence-corrected chi connectivity index (χ2v) is 5.76. The van der Waals surface area contributed by atoms with Crippen molar-refractivity contribution in [3.8, 4) is 0 Å². The molecule has 0 radical (unpaired) electrons. The quantitative estimate of drug-likeness (QED) is 0.600. The maximum atomic E-state index is 12.4. The van der Waals surface area contributed by atoms with E-state index >= 15 is 0 Å². The standard InChI is InChI=1S/C20H23NO4/c1-3-4-13-21-18(22)15-9-8-12-17(14-15)20(24,19(23)25-2)16-10-6-5-7-11-16/h5-12,14,24H,3-4,13H2,1-2H3,(H,21,22). The number of benzene rings is 2. The number of amides is 1. The molecule has 132 valence electrons. The smallest absolute Gasteiger partial charge is 0.347 e. The monoisotopic (exact) mass is 341 g/mol. The largest absolute Gasteiger partial charge is 0.466 e. The van der Waals surface area contributed by atoms with Gasteiger partial charge in [-0.05, 0) is 24.1 Å². The van der Waals surface area contributed by atoms with Gasteiger partial charge in [-0.1, -0.05) is 55.8 Å². The molecule has 2 N–H and O–H groups in total. The van der Waals surface area contributed by atoms with Crippen molar-refractivity contribution in [2.45, 2.75) is 25.4 Å². The third-order valence-corrected chi connectivity index (χ3v) is 4.03. The van der Waals surface area contributed by atoms with Crippen LogP contribution in [0.15, 0.2) is 54.6 Å². The van der Waals surface area contributed by atoms with Crippen molar-refractivity contribution in [2.75, 3.05) is 13.7 Å². The number of unbranched alkanes of at least 4 members (excludes halogenated alkanes) is 1. The molecule has 0 aliphatic heterocycles. The number of methoxy groups -OCH3 is 1. The van der Waals surface area contributed by atoms with Crippen LogP contribution < -0.4 is 5.32 Å². The summed E-state index contributed by atoms with van der Waals surface area (Å²) >= 11 is 0. The Kier molecular flexibility index (Phi) is 6.31. The molecule has 2 aromatic carbocycles. The van der Waals surface area contributed by atoms with E-state index in [1.807, 2.05) is 6.92 Å². The fourth-order valence-corrected chi connectivity index (χ4v) is 2.60. The Labute approximate surface area is 147 Å². The van der Waals surface area contributed by atoms with Crippen LogP contribution in [-0.2, 0) is 15.1 Å². The van der Waals surface area contributed by atoms with Crippen molar-refractivity contribution < 1.29 is 19.4 Å². The van der Waals surface area contributed by atoms with E-state index in [0.717, 1.165) is 12.8 Å². The Balaban J connectivity index is 2.41. The zero-order chi connectivity index (χ0) is 18.3. The molecule has 2 rings (SSSR count). The number of hydrogen-bond donors (Lipinski definition) is 2. The molecule has 2 aromatic rings. The van der Waals surface area contributed by atoms with Crippen LogP contribution >= 0.6 is 0 Å². The first kappa shape index (κ1) is 18.7. The second kappa shape index (κ2) is 8.44. The average Bonchev–Trinajstić information content (AvgIpc) is 2.67. The van der Waals surface area contributed by atoms with Crippen molar-refractivity contribution in [2.24, 2.45) is 0 Å². The minimum Gasteiger partial charge on any atom is -0.466 e. The fraction of sp³-hybridized carbons (Fsp3) is 0.300. The van der Waals surface area contributed by atoms with E-state index in [0.29, 0.717) is 17.7 Å². The number of carbonyl (C=O) groups is 2. The van der Waals surface area contributed by atoms with Gasteiger partial charge in [0.1, 0.15) is 0 Å². The van der Waals surface area contributed by atoms with Crippen LogP contribution in [0.4, 0.5) is 0 Å². The van der Waals surface area contributed by atoms with Gasteiger partial charge in [0.15, 0.2) is 0 Å². The van der Waals surface area contributed by atoms with E-state index in [1.54, 1.807) is 48.5 Å². The zero-order valence-corrected chi connectivity index (χ0v) is 14.5. The predicted octanol–water partition coefficient (Wildman–Crippen LogP) is 2.63. The van der Waals surface area contributed by atoms with E-state index in [-0.39, 0.29) is 11.5 Å². The minimum atomic E-state index is -1.98. The highest BCUT2D eigenvalue weighted by Gasteiger charge is 2.41. The molecule has 5 heteroatoms. The highest BCUT2D eigenvalue weighted by molar-refractivity contribution is 5.95. The summed E-state index contributed by atoms with van der Waals surface area (Å²) < 4.78 is 4.81. The zero-order valence-electron chi connectivity index (χ0n) is 14.5. The second-order valence-electron chi connectivity index (χ2n) is 5.76. The third-order valence-electron chi connectivity index (χ3n) is 4.03. The fourth-order valence-electron chi connectivity index (χ4n) is 2.60. The summed E-state index contributed by atoms with van der Waals surface area (Å²) in [6, 6.07) is 14.9. The van der Waals surface area contributed by atoms with E-state index in [2.05, 4.69) is 5.32 Å². The number of esters is 1. The molecule has 0 aliphatic carbocycles. The van der Waals surface area contributed by atoms with Crippen LogP contribution in [0.5, 0.6) is 0 Å². The molecule has 0 saturated carbocycles. The predicted molar refractivity (Wildman–Crippen MR) is 95.1 cm³/mol. The normalized spacial score (nSPS) is 12.9. The van der Waals surface area contributed by atoms with Crippen LogP contribution in [0.3, 0.4) is 0 Å². The maximum absolute atomic E-state index is 12.4. The first-order valence-corrected chi connectivity index (χ1v) is 8.29. The van der Waals surface area contributed by atoms with Crippen LogP contribution in [0.2, 0.25) is 0 Å². The Morgan fingerprint density at radius 2 is 1.76 bits per heavy atom. The Hall–Kier alpha value is -2.66. The van der Waals surface area contributed by atoms with Gasteiger partial charge in [0.05, 0.1) is 7.11 Å². The summed E-state index contributed by atoms with van der Waals surface area (Å²) in [6.45, 7) is 2.63. The van der Waals surface area contributed by atoms with Gasteiger partial charge < -0.3 is 15.2 Å². The van der Waals surface area contributed by atoms with Crippen LogP contribution in [0.25, 0.3) is 0 Å². The molecule has 0 bridgehead atoms. The number of carbonyl (C=O) groups excluding carboxylic acids is 2. The third kappa shape index (κ3) is 4.06. The molecule has 1 amide bonds. The van der Waals surface area contributed by atoms with Crippen molar-refractivity contribution in [1.29, 1.82) is 0 Å². The van der Waals surface area contributed by atoms with Crippen molar-refractivity contribution in [3.63, 3.8) is 0 Å². The molecule has 1 unspecified atom stereocenters. The Morgan fingerprint density at radius 1 is 1.08 bits per heavy atom. The van der Waals surface area contributed by atoms with Gasteiger partial charge in [0, 0.05) is 17.7 Å². The van der Waals surface area contributed by atoms with E-state index in [9.17, 15) is 14.7 Å². The Morgan fingerprint density at radius 3 is 2.40 bits per heavy atom. The maximum Gasteiger partial charge on any atom is 0.347 e. The highest BCUT2D eigenvalue weighted by atomic mass is 16.5. The molecule has 0 spiro atoms. The summed E-state index contributed by atoms with van der Waals surface area (Å²) in [5.41, 5.74) is -0.929. The first-order chi connectivity index (χ1) is 12.0. The summed E-state index contributed by atoms with van der Waals surface area (Å²) in [7, 11) is 1.22. The topological polar surface area (TPSA) is 75.6 Å². The number of rotatable bonds is 7. The number of aliphatic hydroxyl groups is 1. The molecule has 0 saturated heterocycles. The van der Waals surface area contributed by atoms with Gasteiger partial charge in [0.2, 0.25) is 5.60 Å². The first-order valence-electron chi connectivity index (χ1n) is 8.29. The lowest BCUT2D eigenvalue weighted by Gasteiger charge is -2.26. The summed E-state index contributed by atoms with van der Waals surface area (Å²) in [6.07, 6.45) is 1.87. The van der Waals surface area contributed by atoms with Gasteiger partial charge in [-0.25, -0.2) is 4.79 Å². The van der Waals surface area contributed by atoms with Crippen molar-refractivity contribution in [3.05, 3.63) is 71.3 Å². The van der Waals surface area contributed by atoms with Gasteiger partial charge in [0.25, 0.3) is 5.91 Å². The molecule has 25 heavy (non-hydrogen) atoms. The molecule has 1 atom stereocenters. The summed E-state index contributed by atoms with van der Waals surface area (Å²) in [4.78, 5) is 24.6.